The van der Waals surface area contributed by atoms with Crippen molar-refractivity contribution in [3.05, 3.63) is 24.0 Å². The van der Waals surface area contributed by atoms with E-state index in [4.69, 9.17) is 17.0 Å². The molecule has 1 rings (SSSR count). The van der Waals surface area contributed by atoms with Gasteiger partial charge >= 0.3 is 0 Å². The van der Waals surface area contributed by atoms with E-state index in [1.165, 1.54) is 19.2 Å². The highest BCUT2D eigenvalue weighted by Crippen LogP contribution is 2.24. The van der Waals surface area contributed by atoms with Gasteiger partial charge in [-0.05, 0) is 31.3 Å². The van der Waals surface area contributed by atoms with Crippen LogP contribution in [0.3, 0.4) is 0 Å². The average molecular weight is 228 g/mol. The van der Waals surface area contributed by atoms with Gasteiger partial charge in [-0.25, -0.2) is 4.39 Å². The Morgan fingerprint density at radius 1 is 1.53 bits per heavy atom. The fraction of sp³-hybridized carbons (Fsp3) is 0.300. The summed E-state index contributed by atoms with van der Waals surface area (Å²) >= 11 is 5.00. The number of benzene rings is 1. The average Bonchev–Trinajstić information content (AvgIpc) is 2.21. The van der Waals surface area contributed by atoms with Crippen LogP contribution in [0, 0.1) is 5.82 Å². The number of thiocarbonyl (C=S) groups is 1. The molecule has 0 heterocycles. The molecule has 0 aliphatic rings. The van der Waals surface area contributed by atoms with Gasteiger partial charge in [0.2, 0.25) is 0 Å². The Hall–Kier alpha value is -1.36. The Morgan fingerprint density at radius 2 is 2.27 bits per heavy atom. The van der Waals surface area contributed by atoms with E-state index in [1.54, 1.807) is 6.07 Å². The minimum absolute atomic E-state index is 0.341. The Morgan fingerprint density at radius 3 is 2.87 bits per heavy atom. The van der Waals surface area contributed by atoms with Gasteiger partial charge in [-0.2, -0.15) is 0 Å². The molecule has 0 spiro atoms. The second kappa shape index (κ2) is 5.50. The van der Waals surface area contributed by atoms with Crippen molar-refractivity contribution in [3.63, 3.8) is 0 Å². The van der Waals surface area contributed by atoms with Crippen molar-refractivity contribution in [2.75, 3.05) is 19.0 Å². The lowest BCUT2D eigenvalue weighted by atomic mass is 10.3. The lowest BCUT2D eigenvalue weighted by Crippen LogP contribution is -2.28. The van der Waals surface area contributed by atoms with Crippen molar-refractivity contribution < 1.29 is 9.13 Å². The van der Waals surface area contributed by atoms with Crippen LogP contribution < -0.4 is 15.4 Å². The van der Waals surface area contributed by atoms with Crippen LogP contribution in [-0.4, -0.2) is 18.8 Å². The van der Waals surface area contributed by atoms with Crippen LogP contribution in [0.2, 0.25) is 0 Å². The molecule has 0 aliphatic heterocycles. The van der Waals surface area contributed by atoms with Crippen LogP contribution in [0.1, 0.15) is 6.92 Å². The van der Waals surface area contributed by atoms with Crippen molar-refractivity contribution in [1.29, 1.82) is 0 Å². The van der Waals surface area contributed by atoms with Gasteiger partial charge < -0.3 is 15.4 Å². The number of methoxy groups -OCH3 is 1. The first kappa shape index (κ1) is 11.7. The van der Waals surface area contributed by atoms with Gasteiger partial charge in [-0.15, -0.1) is 0 Å². The van der Waals surface area contributed by atoms with Crippen LogP contribution in [0.25, 0.3) is 0 Å². The van der Waals surface area contributed by atoms with Crippen molar-refractivity contribution in [2.24, 2.45) is 0 Å². The summed E-state index contributed by atoms with van der Waals surface area (Å²) in [7, 11) is 1.48. The summed E-state index contributed by atoms with van der Waals surface area (Å²) in [6.07, 6.45) is 0. The topological polar surface area (TPSA) is 33.3 Å². The molecule has 82 valence electrons. The van der Waals surface area contributed by atoms with Gasteiger partial charge in [-0.3, -0.25) is 0 Å². The highest BCUT2D eigenvalue weighted by Gasteiger charge is 2.05. The van der Waals surface area contributed by atoms with Crippen LogP contribution in [-0.2, 0) is 0 Å². The molecule has 3 nitrogen and oxygen atoms in total. The number of anilines is 1. The molecule has 0 saturated carbocycles. The highest BCUT2D eigenvalue weighted by molar-refractivity contribution is 7.80. The maximum absolute atomic E-state index is 12.9. The van der Waals surface area contributed by atoms with Gasteiger partial charge in [0.1, 0.15) is 11.6 Å². The maximum Gasteiger partial charge on any atom is 0.170 e. The van der Waals surface area contributed by atoms with Crippen molar-refractivity contribution in [2.45, 2.75) is 6.92 Å². The van der Waals surface area contributed by atoms with Crippen molar-refractivity contribution in [1.82, 2.24) is 5.32 Å². The zero-order valence-corrected chi connectivity index (χ0v) is 9.45. The molecule has 0 saturated heterocycles. The maximum atomic E-state index is 12.9. The Balaban J connectivity index is 2.80. The number of rotatable bonds is 3. The molecule has 1 aromatic carbocycles. The molecule has 0 atom stereocenters. The highest BCUT2D eigenvalue weighted by atomic mass is 32.1. The van der Waals surface area contributed by atoms with Crippen LogP contribution in [0.15, 0.2) is 18.2 Å². The first-order valence-electron chi connectivity index (χ1n) is 4.55. The molecule has 1 aromatic rings. The van der Waals surface area contributed by atoms with Crippen LogP contribution in [0.5, 0.6) is 5.75 Å². The molecule has 0 aromatic heterocycles. The zero-order valence-electron chi connectivity index (χ0n) is 8.63. The zero-order chi connectivity index (χ0) is 11.3. The van der Waals surface area contributed by atoms with Crippen molar-refractivity contribution in [3.8, 4) is 5.75 Å². The summed E-state index contributed by atoms with van der Waals surface area (Å²) < 4.78 is 17.9. The molecular weight excluding hydrogens is 215 g/mol. The summed E-state index contributed by atoms with van der Waals surface area (Å²) in [6.45, 7) is 2.67. The molecule has 5 heteroatoms. The lowest BCUT2D eigenvalue weighted by Gasteiger charge is -2.12. The Kier molecular flexibility index (Phi) is 4.30. The fourth-order valence-corrected chi connectivity index (χ4v) is 1.35. The summed E-state index contributed by atoms with van der Waals surface area (Å²) in [4.78, 5) is 0. The number of hydrogen-bond donors (Lipinski definition) is 2. The Bertz CT molecular complexity index is 357. The standard InChI is InChI=1S/C10H13FN2OS/c1-3-12-10(15)13-8-5-4-7(11)6-9(8)14-2/h4-6H,3H2,1-2H3,(H2,12,13,15). The van der Waals surface area contributed by atoms with E-state index in [9.17, 15) is 4.39 Å². The number of halogens is 1. The number of ether oxygens (including phenoxy) is 1. The van der Waals surface area contributed by atoms with E-state index in [1.807, 2.05) is 6.92 Å². The summed E-state index contributed by atoms with van der Waals surface area (Å²) in [5.41, 5.74) is 0.643. The third-order valence-corrected chi connectivity index (χ3v) is 2.00. The molecule has 0 radical (unpaired) electrons. The van der Waals surface area contributed by atoms with Crippen LogP contribution >= 0.6 is 12.2 Å². The molecule has 2 N–H and O–H groups in total. The van der Waals surface area contributed by atoms with Gasteiger partial charge in [0.05, 0.1) is 12.8 Å². The molecule has 0 aliphatic carbocycles. The largest absolute Gasteiger partial charge is 0.494 e. The van der Waals surface area contributed by atoms with Gasteiger partial charge in [0, 0.05) is 12.6 Å². The van der Waals surface area contributed by atoms with Crippen LogP contribution in [0.4, 0.5) is 10.1 Å². The number of nitrogens with one attached hydrogen (secondary N) is 2. The molecule has 0 unspecified atom stereocenters. The van der Waals surface area contributed by atoms with Gasteiger partial charge in [0.15, 0.2) is 5.11 Å². The lowest BCUT2D eigenvalue weighted by molar-refractivity contribution is 0.413. The molecule has 0 bridgehead atoms. The first-order chi connectivity index (χ1) is 7.17. The molecule has 15 heavy (non-hydrogen) atoms. The van der Waals surface area contributed by atoms with E-state index >= 15 is 0 Å². The predicted molar refractivity (Wildman–Crippen MR) is 62.8 cm³/mol. The van der Waals surface area contributed by atoms with E-state index in [0.29, 0.717) is 16.5 Å². The third kappa shape index (κ3) is 3.36. The quantitative estimate of drug-likeness (QED) is 0.777. The SMILES string of the molecule is CCNC(=S)Nc1ccc(F)cc1OC. The third-order valence-electron chi connectivity index (χ3n) is 1.75. The minimum atomic E-state index is -0.341. The smallest absolute Gasteiger partial charge is 0.170 e. The monoisotopic (exact) mass is 228 g/mol. The normalized spacial score (nSPS) is 9.53. The minimum Gasteiger partial charge on any atom is -0.494 e. The van der Waals surface area contributed by atoms with Gasteiger partial charge in [0.25, 0.3) is 0 Å². The van der Waals surface area contributed by atoms with E-state index in [0.717, 1.165) is 6.54 Å². The second-order valence-corrected chi connectivity index (χ2v) is 3.24. The first-order valence-corrected chi connectivity index (χ1v) is 4.96. The summed E-state index contributed by atoms with van der Waals surface area (Å²) in [5, 5.41) is 6.34. The molecule has 0 amide bonds. The summed E-state index contributed by atoms with van der Waals surface area (Å²) in [5.74, 6) is 0.0852. The van der Waals surface area contributed by atoms with Crippen molar-refractivity contribution >= 4 is 23.0 Å². The van der Waals surface area contributed by atoms with Gasteiger partial charge in [-0.1, -0.05) is 0 Å². The Labute approximate surface area is 93.6 Å². The number of hydrogen-bond acceptors (Lipinski definition) is 2. The second-order valence-electron chi connectivity index (χ2n) is 2.83. The summed E-state index contributed by atoms with van der Waals surface area (Å²) in [6, 6.07) is 4.23. The van der Waals surface area contributed by atoms with E-state index in [2.05, 4.69) is 10.6 Å². The fourth-order valence-electron chi connectivity index (χ4n) is 1.10. The molecule has 0 fully saturated rings. The van der Waals surface area contributed by atoms with E-state index in [-0.39, 0.29) is 5.82 Å². The predicted octanol–water partition coefficient (Wildman–Crippen LogP) is 2.14. The molecular formula is C10H13FN2OS. The van der Waals surface area contributed by atoms with E-state index < -0.39 is 0 Å².